The first kappa shape index (κ1) is 17.9. The first-order chi connectivity index (χ1) is 13.0. The summed E-state index contributed by atoms with van der Waals surface area (Å²) in [5.74, 6) is 1.24. The van der Waals surface area contributed by atoms with E-state index in [2.05, 4.69) is 15.3 Å². The number of aryl methyl sites for hydroxylation is 1. The maximum atomic E-state index is 12.5. The summed E-state index contributed by atoms with van der Waals surface area (Å²) in [7, 11) is 0.686. The van der Waals surface area contributed by atoms with E-state index in [0.717, 1.165) is 16.0 Å². The average Bonchev–Trinajstić information content (AvgIpc) is 3.04. The van der Waals surface area contributed by atoms with E-state index in [-0.39, 0.29) is 17.9 Å². The third-order valence-electron chi connectivity index (χ3n) is 4.42. The second kappa shape index (κ2) is 7.24. The van der Waals surface area contributed by atoms with Gasteiger partial charge in [0.15, 0.2) is 0 Å². The number of thiophene rings is 1. The van der Waals surface area contributed by atoms with Gasteiger partial charge in [0.25, 0.3) is 11.5 Å². The second-order valence-corrected chi connectivity index (χ2v) is 8.83. The van der Waals surface area contributed by atoms with E-state index >= 15 is 0 Å². The molecule has 9 heteroatoms. The molecule has 1 aliphatic heterocycles. The molecule has 0 radical (unpaired) electrons. The number of benzene rings is 1. The number of fused-ring (bicyclic) bond motifs is 3. The molecule has 2 aromatic heterocycles. The van der Waals surface area contributed by atoms with Crippen LogP contribution in [-0.2, 0) is 29.5 Å². The Morgan fingerprint density at radius 1 is 1.44 bits per heavy atom. The highest BCUT2D eigenvalue weighted by molar-refractivity contribution is 7.84. The van der Waals surface area contributed by atoms with Gasteiger partial charge in [-0.2, -0.15) is 0 Å². The summed E-state index contributed by atoms with van der Waals surface area (Å²) >= 11 is 1.35. The van der Waals surface area contributed by atoms with Crippen LogP contribution in [0.3, 0.4) is 0 Å². The number of rotatable bonds is 4. The molecule has 0 spiro atoms. The van der Waals surface area contributed by atoms with Crippen molar-refractivity contribution in [2.24, 2.45) is 0 Å². The molecule has 1 aromatic carbocycles. The van der Waals surface area contributed by atoms with Crippen LogP contribution < -0.4 is 15.6 Å². The zero-order valence-electron chi connectivity index (χ0n) is 14.5. The molecule has 0 saturated carbocycles. The van der Waals surface area contributed by atoms with Gasteiger partial charge >= 0.3 is 0 Å². The second-order valence-electron chi connectivity index (χ2n) is 6.17. The fraction of sp³-hybridized carbons (Fsp3) is 0.278. The molecule has 3 heterocycles. The van der Waals surface area contributed by atoms with Gasteiger partial charge < -0.3 is 15.0 Å². The van der Waals surface area contributed by atoms with Crippen molar-refractivity contribution in [1.29, 1.82) is 0 Å². The van der Waals surface area contributed by atoms with Crippen LogP contribution in [0.5, 0.6) is 5.75 Å². The first-order valence-corrected chi connectivity index (χ1v) is 10.7. The topological polar surface area (TPSA) is 101 Å². The van der Waals surface area contributed by atoms with Crippen LogP contribution in [-0.4, -0.2) is 32.9 Å². The third-order valence-corrected chi connectivity index (χ3v) is 7.00. The van der Waals surface area contributed by atoms with Crippen LogP contribution in [0.2, 0.25) is 0 Å². The van der Waals surface area contributed by atoms with Crippen molar-refractivity contribution in [3.8, 4) is 5.75 Å². The summed E-state index contributed by atoms with van der Waals surface area (Å²) in [6, 6.07) is 7.36. The highest BCUT2D eigenvalue weighted by Crippen LogP contribution is 2.32. The molecule has 0 fully saturated rings. The van der Waals surface area contributed by atoms with E-state index in [1.54, 1.807) is 7.11 Å². The number of H-pyrrole nitrogens is 1. The van der Waals surface area contributed by atoms with Crippen molar-refractivity contribution in [1.82, 2.24) is 15.3 Å². The molecule has 1 aliphatic rings. The number of amides is 1. The van der Waals surface area contributed by atoms with Crippen molar-refractivity contribution < 1.29 is 13.7 Å². The Balaban J connectivity index is 1.59. The van der Waals surface area contributed by atoms with Gasteiger partial charge in [0.1, 0.15) is 10.6 Å². The summed E-state index contributed by atoms with van der Waals surface area (Å²) in [5, 5.41) is 3.28. The molecule has 0 bridgehead atoms. The molecule has 1 atom stereocenters. The summed E-state index contributed by atoms with van der Waals surface area (Å²) in [5.41, 5.74) is 1.48. The lowest BCUT2D eigenvalue weighted by atomic mass is 10.1. The van der Waals surface area contributed by atoms with E-state index in [4.69, 9.17) is 4.74 Å². The molecule has 140 valence electrons. The molecule has 27 heavy (non-hydrogen) atoms. The van der Waals surface area contributed by atoms with Gasteiger partial charge in [-0.1, -0.05) is 12.1 Å². The van der Waals surface area contributed by atoms with Crippen molar-refractivity contribution in [2.45, 2.75) is 18.7 Å². The Hall–Kier alpha value is -2.52. The van der Waals surface area contributed by atoms with Crippen molar-refractivity contribution in [2.75, 3.05) is 12.9 Å². The van der Waals surface area contributed by atoms with E-state index in [9.17, 15) is 13.8 Å². The van der Waals surface area contributed by atoms with Gasteiger partial charge in [0.05, 0.1) is 18.2 Å². The number of hydrogen-bond acceptors (Lipinski definition) is 6. The summed E-state index contributed by atoms with van der Waals surface area (Å²) < 4.78 is 16.9. The largest absolute Gasteiger partial charge is 0.497 e. The van der Waals surface area contributed by atoms with Crippen molar-refractivity contribution in [3.05, 3.63) is 56.4 Å². The molecule has 0 saturated heterocycles. The van der Waals surface area contributed by atoms with E-state index in [0.29, 0.717) is 33.9 Å². The molecule has 0 aliphatic carbocycles. The molecular formula is C18H17N3O4S2. The molecule has 2 N–H and O–H groups in total. The minimum Gasteiger partial charge on any atom is -0.497 e. The van der Waals surface area contributed by atoms with Gasteiger partial charge in [-0.3, -0.25) is 13.8 Å². The van der Waals surface area contributed by atoms with Crippen LogP contribution in [0.4, 0.5) is 0 Å². The minimum atomic E-state index is -0.895. The molecular weight excluding hydrogens is 386 g/mol. The fourth-order valence-electron chi connectivity index (χ4n) is 3.08. The van der Waals surface area contributed by atoms with Crippen LogP contribution in [0.25, 0.3) is 10.2 Å². The lowest BCUT2D eigenvalue weighted by Crippen LogP contribution is -2.27. The Bertz CT molecular complexity index is 1120. The Labute approximate surface area is 161 Å². The van der Waals surface area contributed by atoms with Crippen LogP contribution >= 0.6 is 11.3 Å². The number of carbonyl (C=O) groups is 1. The molecule has 3 aromatic rings. The number of aromatic nitrogens is 2. The quantitative estimate of drug-likeness (QED) is 0.691. The molecule has 7 nitrogen and oxygen atoms in total. The standard InChI is InChI=1S/C18H17N3O4S2/c1-25-11-4-2-3-10(7-11)8-19-17(23)15-20-16(22)14-12-5-6-27(24)9-13(12)26-18(14)21-15/h2-4,7H,5-6,8-9H2,1H3,(H,19,23)(H,20,21,22). The fourth-order valence-corrected chi connectivity index (χ4v) is 5.77. The van der Waals surface area contributed by atoms with Gasteiger partial charge in [0, 0.05) is 28.0 Å². The summed E-state index contributed by atoms with van der Waals surface area (Å²) in [6.45, 7) is 0.289. The van der Waals surface area contributed by atoms with Gasteiger partial charge in [-0.15, -0.1) is 11.3 Å². The Morgan fingerprint density at radius 2 is 2.30 bits per heavy atom. The zero-order chi connectivity index (χ0) is 19.0. The number of nitrogens with one attached hydrogen (secondary N) is 2. The van der Waals surface area contributed by atoms with Crippen molar-refractivity contribution >= 4 is 38.3 Å². The first-order valence-electron chi connectivity index (χ1n) is 8.36. The molecule has 1 amide bonds. The van der Waals surface area contributed by atoms with Gasteiger partial charge in [-0.05, 0) is 29.7 Å². The van der Waals surface area contributed by atoms with Gasteiger partial charge in [-0.25, -0.2) is 4.98 Å². The highest BCUT2D eigenvalue weighted by atomic mass is 32.2. The normalized spacial score (nSPS) is 16.1. The Morgan fingerprint density at radius 3 is 3.11 bits per heavy atom. The number of nitrogens with zero attached hydrogens (tertiary/aromatic N) is 1. The lowest BCUT2D eigenvalue weighted by molar-refractivity contribution is 0.0940. The number of ether oxygens (including phenoxy) is 1. The minimum absolute atomic E-state index is 0.0184. The summed E-state index contributed by atoms with van der Waals surface area (Å²) in [4.78, 5) is 33.3. The maximum absolute atomic E-state index is 12.5. The average molecular weight is 403 g/mol. The summed E-state index contributed by atoms with van der Waals surface area (Å²) in [6.07, 6.45) is 0.605. The van der Waals surface area contributed by atoms with E-state index in [1.165, 1.54) is 11.3 Å². The maximum Gasteiger partial charge on any atom is 0.287 e. The number of carbonyl (C=O) groups excluding carboxylic acids is 1. The predicted molar refractivity (Wildman–Crippen MR) is 105 cm³/mol. The Kier molecular flexibility index (Phi) is 4.79. The van der Waals surface area contributed by atoms with Crippen LogP contribution in [0, 0.1) is 0 Å². The molecule has 1 unspecified atom stereocenters. The SMILES string of the molecule is COc1cccc(CNC(=O)c2nc3sc4c(c3c(=O)[nH]2)CCS(=O)C4)c1. The zero-order valence-corrected chi connectivity index (χ0v) is 16.2. The smallest absolute Gasteiger partial charge is 0.287 e. The van der Waals surface area contributed by atoms with Crippen molar-refractivity contribution in [3.63, 3.8) is 0 Å². The number of hydrogen-bond donors (Lipinski definition) is 2. The lowest BCUT2D eigenvalue weighted by Gasteiger charge is -2.10. The number of aromatic amines is 1. The van der Waals surface area contributed by atoms with E-state index in [1.807, 2.05) is 24.3 Å². The van der Waals surface area contributed by atoms with E-state index < -0.39 is 16.7 Å². The predicted octanol–water partition coefficient (Wildman–Crippen LogP) is 1.73. The highest BCUT2D eigenvalue weighted by Gasteiger charge is 2.23. The third kappa shape index (κ3) is 3.52. The monoisotopic (exact) mass is 403 g/mol. The number of methoxy groups -OCH3 is 1. The van der Waals surface area contributed by atoms with Crippen LogP contribution in [0.1, 0.15) is 26.6 Å². The van der Waals surface area contributed by atoms with Crippen LogP contribution in [0.15, 0.2) is 29.1 Å². The van der Waals surface area contributed by atoms with Gasteiger partial charge in [0.2, 0.25) is 5.82 Å². The molecule has 4 rings (SSSR count).